The molecule has 0 unspecified atom stereocenters. The molecule has 0 heterocycles. The molecule has 2 aromatic carbocycles. The van der Waals surface area contributed by atoms with Crippen molar-refractivity contribution in [1.29, 1.82) is 0 Å². The van der Waals surface area contributed by atoms with Gasteiger partial charge in [-0.3, -0.25) is 0 Å². The van der Waals surface area contributed by atoms with E-state index < -0.39 is 0 Å². The molecular formula is C30H49BrO11. The van der Waals surface area contributed by atoms with Crippen molar-refractivity contribution in [3.05, 3.63) is 58.7 Å². The number of phenols is 1. The van der Waals surface area contributed by atoms with Gasteiger partial charge < -0.3 is 54.0 Å². The Bertz CT molecular complexity index is 886. The summed E-state index contributed by atoms with van der Waals surface area (Å²) in [7, 11) is 1.64. The lowest BCUT2D eigenvalue weighted by molar-refractivity contribution is -0.00982. The summed E-state index contributed by atoms with van der Waals surface area (Å²) in [4.78, 5) is 0. The van der Waals surface area contributed by atoms with E-state index in [4.69, 9.17) is 43.7 Å². The number of hydrogen-bond donors (Lipinski definition) is 5. The third-order valence-corrected chi connectivity index (χ3v) is 5.44. The van der Waals surface area contributed by atoms with Crippen molar-refractivity contribution in [1.82, 2.24) is 0 Å². The predicted molar refractivity (Wildman–Crippen MR) is 163 cm³/mol. The fraction of sp³-hybridized carbons (Fsp3) is 0.600. The zero-order chi connectivity index (χ0) is 31.3. The number of aliphatic hydroxyl groups excluding tert-OH is 4. The Kier molecular flexibility index (Phi) is 28.0. The molecule has 0 radical (unpaired) electrons. The Labute approximate surface area is 258 Å². The summed E-state index contributed by atoms with van der Waals surface area (Å²) in [5.74, 6) is 2.54. The summed E-state index contributed by atoms with van der Waals surface area (Å²) in [6, 6.07) is 10.5. The van der Waals surface area contributed by atoms with Crippen LogP contribution in [0.1, 0.15) is 22.3 Å². The van der Waals surface area contributed by atoms with Gasteiger partial charge in [-0.15, -0.1) is 0 Å². The van der Waals surface area contributed by atoms with E-state index in [9.17, 15) is 10.2 Å². The minimum atomic E-state index is -0.175. The van der Waals surface area contributed by atoms with E-state index in [1.54, 1.807) is 19.2 Å². The smallest absolute Gasteiger partial charge is 0.124 e. The maximum Gasteiger partial charge on any atom is 0.124 e. The fourth-order valence-electron chi connectivity index (χ4n) is 3.35. The van der Waals surface area contributed by atoms with Gasteiger partial charge in [0.25, 0.3) is 0 Å². The zero-order valence-electron chi connectivity index (χ0n) is 24.8. The van der Waals surface area contributed by atoms with Gasteiger partial charge in [-0.2, -0.15) is 0 Å². The summed E-state index contributed by atoms with van der Waals surface area (Å²) < 4.78 is 32.0. The van der Waals surface area contributed by atoms with E-state index in [1.165, 1.54) is 6.07 Å². The minimum absolute atomic E-state index is 0.0790. The molecule has 0 aliphatic carbocycles. The normalized spacial score (nSPS) is 10.5. The summed E-state index contributed by atoms with van der Waals surface area (Å²) in [6.45, 7) is 4.96. The first kappa shape index (κ1) is 40.2. The second-order valence-electron chi connectivity index (χ2n) is 8.46. The van der Waals surface area contributed by atoms with Crippen molar-refractivity contribution >= 4 is 15.9 Å². The third-order valence-electron chi connectivity index (χ3n) is 5.44. The van der Waals surface area contributed by atoms with E-state index in [-0.39, 0.29) is 32.2 Å². The molecule has 0 aliphatic heterocycles. The molecule has 2 aromatic rings. The Morgan fingerprint density at radius 3 is 1.45 bits per heavy atom. The second kappa shape index (κ2) is 29.2. The van der Waals surface area contributed by atoms with Gasteiger partial charge >= 0.3 is 0 Å². The Morgan fingerprint density at radius 1 is 0.571 bits per heavy atom. The predicted octanol–water partition coefficient (Wildman–Crippen LogP) is 2.24. The van der Waals surface area contributed by atoms with Gasteiger partial charge in [0.15, 0.2) is 0 Å². The number of benzene rings is 2. The first-order valence-electron chi connectivity index (χ1n) is 13.8. The maximum atomic E-state index is 9.42. The SMILES string of the molecule is CBr.COCCOCCOCCOCCOCCOc1ccc(CCO)cc1CO.OCCc1ccc(O)c(CO)c1. The van der Waals surface area contributed by atoms with Gasteiger partial charge in [0.2, 0.25) is 0 Å². The molecule has 42 heavy (non-hydrogen) atoms. The summed E-state index contributed by atoms with van der Waals surface area (Å²) >= 11 is 2.94. The van der Waals surface area contributed by atoms with Gasteiger partial charge in [0.1, 0.15) is 18.1 Å². The van der Waals surface area contributed by atoms with E-state index in [2.05, 4.69) is 15.9 Å². The number of ether oxygens (including phenoxy) is 6. The number of aliphatic hydroxyl groups is 4. The van der Waals surface area contributed by atoms with E-state index in [1.807, 2.05) is 24.0 Å². The summed E-state index contributed by atoms with van der Waals surface area (Å²) in [6.07, 6.45) is 1.11. The average molecular weight is 666 g/mol. The van der Waals surface area contributed by atoms with Crippen LogP contribution in [0.4, 0.5) is 0 Å². The first-order chi connectivity index (χ1) is 20.6. The molecule has 0 amide bonds. The lowest BCUT2D eigenvalue weighted by atomic mass is 10.1. The summed E-state index contributed by atoms with van der Waals surface area (Å²) in [5, 5.41) is 45.0. The largest absolute Gasteiger partial charge is 0.508 e. The Morgan fingerprint density at radius 2 is 1.00 bits per heavy atom. The summed E-state index contributed by atoms with van der Waals surface area (Å²) in [5.41, 5.74) is 3.09. The van der Waals surface area contributed by atoms with Crippen molar-refractivity contribution in [3.8, 4) is 11.5 Å². The number of methoxy groups -OCH3 is 1. The van der Waals surface area contributed by atoms with Crippen molar-refractivity contribution < 1.29 is 54.0 Å². The number of alkyl halides is 1. The molecule has 5 N–H and O–H groups in total. The van der Waals surface area contributed by atoms with Crippen LogP contribution in [0.15, 0.2) is 36.4 Å². The molecule has 242 valence electrons. The van der Waals surface area contributed by atoms with Crippen LogP contribution in [0.2, 0.25) is 0 Å². The van der Waals surface area contributed by atoms with Crippen LogP contribution in [0, 0.1) is 0 Å². The monoisotopic (exact) mass is 664 g/mol. The highest BCUT2D eigenvalue weighted by atomic mass is 79.9. The van der Waals surface area contributed by atoms with Crippen molar-refractivity contribution in [2.75, 3.05) is 92.2 Å². The Hall–Kier alpha value is -1.84. The maximum absolute atomic E-state index is 9.42. The van der Waals surface area contributed by atoms with Crippen LogP contribution in [0.25, 0.3) is 0 Å². The molecule has 0 aliphatic rings. The average Bonchev–Trinajstić information content (AvgIpc) is 3.02. The van der Waals surface area contributed by atoms with Crippen molar-refractivity contribution in [2.45, 2.75) is 26.1 Å². The van der Waals surface area contributed by atoms with Crippen molar-refractivity contribution in [3.63, 3.8) is 0 Å². The van der Waals surface area contributed by atoms with Gasteiger partial charge in [0.05, 0.1) is 72.7 Å². The van der Waals surface area contributed by atoms with Crippen LogP contribution in [-0.4, -0.2) is 118 Å². The standard InChI is InChI=1S/C20H34O8.C9H12O3.CH3Br/c1-23-6-7-24-8-9-25-10-11-26-12-13-27-14-15-28-20-3-2-18(4-5-21)16-19(20)17-22;10-4-3-7-1-2-9(12)8(5-7)6-11;1-2/h2-3,16,21-22H,4-15,17H2,1H3;1-2,5,10-12H,3-4,6H2;1H3. The minimum Gasteiger partial charge on any atom is -0.508 e. The van der Waals surface area contributed by atoms with E-state index in [0.29, 0.717) is 95.8 Å². The van der Waals surface area contributed by atoms with Gasteiger partial charge in [-0.1, -0.05) is 28.1 Å². The van der Waals surface area contributed by atoms with E-state index in [0.717, 1.165) is 11.1 Å². The quantitative estimate of drug-likeness (QED) is 0.0929. The molecule has 0 spiro atoms. The topological polar surface area (TPSA) is 157 Å². The number of rotatable bonds is 22. The fourth-order valence-corrected chi connectivity index (χ4v) is 3.35. The van der Waals surface area contributed by atoms with Crippen LogP contribution in [-0.2, 0) is 49.7 Å². The molecule has 0 saturated heterocycles. The lowest BCUT2D eigenvalue weighted by Crippen LogP contribution is -2.14. The zero-order valence-corrected chi connectivity index (χ0v) is 26.4. The number of halogens is 1. The first-order valence-corrected chi connectivity index (χ1v) is 15.3. The van der Waals surface area contributed by atoms with Crippen molar-refractivity contribution in [2.24, 2.45) is 0 Å². The molecule has 0 aromatic heterocycles. The van der Waals surface area contributed by atoms with Crippen LogP contribution in [0.3, 0.4) is 0 Å². The molecule has 11 nitrogen and oxygen atoms in total. The molecule has 0 atom stereocenters. The molecule has 0 fully saturated rings. The molecule has 12 heteroatoms. The van der Waals surface area contributed by atoms with Crippen LogP contribution in [0.5, 0.6) is 11.5 Å². The third kappa shape index (κ3) is 20.1. The number of aromatic hydroxyl groups is 1. The highest BCUT2D eigenvalue weighted by Crippen LogP contribution is 2.21. The van der Waals surface area contributed by atoms with Gasteiger partial charge in [-0.25, -0.2) is 0 Å². The molecule has 2 rings (SSSR count). The second-order valence-corrected chi connectivity index (χ2v) is 8.46. The Balaban J connectivity index is 0.000000994. The van der Waals surface area contributed by atoms with Gasteiger partial charge in [-0.05, 0) is 54.1 Å². The number of hydrogen-bond acceptors (Lipinski definition) is 11. The highest BCUT2D eigenvalue weighted by Gasteiger charge is 2.05. The molecular weight excluding hydrogens is 616 g/mol. The highest BCUT2D eigenvalue weighted by molar-refractivity contribution is 9.08. The van der Waals surface area contributed by atoms with Crippen LogP contribution < -0.4 is 4.74 Å². The molecule has 0 bridgehead atoms. The lowest BCUT2D eigenvalue weighted by Gasteiger charge is -2.12. The van der Waals surface area contributed by atoms with Crippen LogP contribution >= 0.6 is 15.9 Å². The molecule has 0 saturated carbocycles. The van der Waals surface area contributed by atoms with Gasteiger partial charge in [0, 0.05) is 31.5 Å². The van der Waals surface area contributed by atoms with E-state index >= 15 is 0 Å².